The fraction of sp³-hybridized carbons (Fsp3) is 0.283. The fourth-order valence-electron chi connectivity index (χ4n) is 8.74. The number of esters is 1. The van der Waals surface area contributed by atoms with Gasteiger partial charge >= 0.3 is 18.1 Å². The lowest BCUT2D eigenvalue weighted by atomic mass is 9.65. The molecule has 314 valence electrons. The lowest BCUT2D eigenvalue weighted by Gasteiger charge is -2.46. The zero-order chi connectivity index (χ0) is 43.1. The highest BCUT2D eigenvalue weighted by atomic mass is 16.6. The molecule has 15 nitrogen and oxygen atoms in total. The minimum Gasteiger partial charge on any atom is -0.491 e. The zero-order valence-electron chi connectivity index (χ0n) is 33.3. The van der Waals surface area contributed by atoms with Crippen LogP contribution in [0.5, 0.6) is 5.75 Å². The Morgan fingerprint density at radius 2 is 1.62 bits per heavy atom. The van der Waals surface area contributed by atoms with Crippen molar-refractivity contribution in [2.45, 2.75) is 29.6 Å². The van der Waals surface area contributed by atoms with E-state index in [4.69, 9.17) is 24.7 Å². The molecule has 0 saturated carbocycles. The monoisotopic (exact) mass is 827 g/mol. The van der Waals surface area contributed by atoms with Gasteiger partial charge in [-0.25, -0.2) is 14.5 Å². The number of fused-ring (bicyclic) bond motifs is 3. The number of anilines is 1. The van der Waals surface area contributed by atoms with E-state index in [1.165, 1.54) is 13.2 Å². The van der Waals surface area contributed by atoms with Crippen LogP contribution in [0.4, 0.5) is 15.3 Å². The first kappa shape index (κ1) is 42.1. The minimum absolute atomic E-state index is 0.0146. The first-order chi connectivity index (χ1) is 29.7. The maximum absolute atomic E-state index is 16.0. The number of methoxy groups -OCH3 is 1. The number of cyclic esters (lactones) is 1. The van der Waals surface area contributed by atoms with Gasteiger partial charge in [-0.2, -0.15) is 0 Å². The van der Waals surface area contributed by atoms with E-state index in [0.29, 0.717) is 22.4 Å². The number of nitrogens with two attached hydrogens (primary N) is 1. The van der Waals surface area contributed by atoms with Gasteiger partial charge < -0.3 is 40.4 Å². The van der Waals surface area contributed by atoms with Crippen molar-refractivity contribution in [2.75, 3.05) is 51.5 Å². The number of nitrogens with one attached hydrogen (secondary N) is 2. The number of nitrogens with zero attached hydrogens (tertiary/aromatic N) is 2. The molecule has 15 heteroatoms. The number of urea groups is 1. The molecular weight excluding hydrogens is 783 g/mol. The zero-order valence-corrected chi connectivity index (χ0v) is 33.3. The molecule has 6 unspecified atom stereocenters. The number of benzene rings is 4. The number of hydrogen-bond acceptors (Lipinski definition) is 11. The van der Waals surface area contributed by atoms with Crippen molar-refractivity contribution in [2.24, 2.45) is 11.7 Å². The normalized spacial score (nSPS) is 22.6. The number of ether oxygens (including phenoxy) is 4. The fourth-order valence-corrected chi connectivity index (χ4v) is 8.74. The summed E-state index contributed by atoms with van der Waals surface area (Å²) in [6, 6.07) is 26.0. The lowest BCUT2D eigenvalue weighted by Crippen LogP contribution is -2.55. The van der Waals surface area contributed by atoms with E-state index in [0.717, 1.165) is 10.5 Å². The highest BCUT2D eigenvalue weighted by Gasteiger charge is 2.75. The van der Waals surface area contributed by atoms with Crippen LogP contribution < -0.4 is 26.0 Å². The Labute approximate surface area is 352 Å². The Hall–Kier alpha value is -6.99. The summed E-state index contributed by atoms with van der Waals surface area (Å²) in [6.45, 7) is 3.20. The summed E-state index contributed by atoms with van der Waals surface area (Å²) in [5.74, 6) is 2.36. The number of hydrogen-bond donors (Lipinski definition) is 4. The number of rotatable bonds is 13. The van der Waals surface area contributed by atoms with Crippen molar-refractivity contribution in [3.05, 3.63) is 144 Å². The van der Waals surface area contributed by atoms with Crippen molar-refractivity contribution in [1.82, 2.24) is 15.5 Å². The van der Waals surface area contributed by atoms with Crippen molar-refractivity contribution in [3.8, 4) is 17.6 Å². The first-order valence-corrected chi connectivity index (χ1v) is 19.6. The Bertz CT molecular complexity index is 2370. The standard InChI is InChI=1S/C46H45N5O10/c1-3-21-48-41(53)36-38-42(54)61-39(31-15-8-5-9-16-31)37(30-13-6-4-7-14-30)51(38)40(32-17-10-18-33(28-32)59-24-23-52)46(36)34-27-29(12-11-22-49-44(47)56)19-20-35(34)50(43(46)55)45(57)60-26-25-58-2/h3-10,13-20,27-28,36-40,52H,1,21-26H2,2H3,(H,48,53)(H3,47,49,56). The van der Waals surface area contributed by atoms with Gasteiger partial charge in [0.1, 0.15) is 36.5 Å². The van der Waals surface area contributed by atoms with Crippen molar-refractivity contribution >= 4 is 35.6 Å². The second kappa shape index (κ2) is 18.5. The van der Waals surface area contributed by atoms with Gasteiger partial charge in [-0.05, 0) is 52.6 Å². The van der Waals surface area contributed by atoms with E-state index in [9.17, 15) is 14.7 Å². The van der Waals surface area contributed by atoms with Crippen molar-refractivity contribution in [1.29, 1.82) is 0 Å². The summed E-state index contributed by atoms with van der Waals surface area (Å²) < 4.78 is 23.1. The maximum Gasteiger partial charge on any atom is 0.421 e. The quantitative estimate of drug-likeness (QED) is 0.0662. The summed E-state index contributed by atoms with van der Waals surface area (Å²) in [5.41, 5.74) is 5.72. The van der Waals surface area contributed by atoms with Gasteiger partial charge in [-0.1, -0.05) is 90.7 Å². The van der Waals surface area contributed by atoms with Gasteiger partial charge in [0.2, 0.25) is 11.8 Å². The third-order valence-corrected chi connectivity index (χ3v) is 11.0. The number of aliphatic hydroxyl groups is 1. The lowest BCUT2D eigenvalue weighted by molar-refractivity contribution is -0.178. The second-order valence-corrected chi connectivity index (χ2v) is 14.4. The molecule has 61 heavy (non-hydrogen) atoms. The van der Waals surface area contributed by atoms with E-state index >= 15 is 14.4 Å². The molecule has 0 aliphatic carbocycles. The summed E-state index contributed by atoms with van der Waals surface area (Å²) >= 11 is 0. The van der Waals surface area contributed by atoms with Gasteiger partial charge in [0.05, 0.1) is 43.4 Å². The minimum atomic E-state index is -2.07. The average molecular weight is 828 g/mol. The summed E-state index contributed by atoms with van der Waals surface area (Å²) in [4.78, 5) is 74.6. The van der Waals surface area contributed by atoms with Crippen LogP contribution in [0.1, 0.15) is 46.0 Å². The molecule has 0 bridgehead atoms. The molecule has 6 atom stereocenters. The first-order valence-electron chi connectivity index (χ1n) is 19.6. The molecule has 4 aromatic carbocycles. The van der Waals surface area contributed by atoms with Crippen molar-refractivity contribution < 1.29 is 48.0 Å². The number of primary amides is 1. The predicted molar refractivity (Wildman–Crippen MR) is 222 cm³/mol. The molecule has 0 radical (unpaired) electrons. The van der Waals surface area contributed by atoms with Crippen LogP contribution in [-0.2, 0) is 34.0 Å². The number of aliphatic hydroxyl groups excluding tert-OH is 1. The summed E-state index contributed by atoms with van der Waals surface area (Å²) in [7, 11) is 1.44. The molecule has 2 saturated heterocycles. The van der Waals surface area contributed by atoms with E-state index < -0.39 is 65.5 Å². The highest BCUT2D eigenvalue weighted by molar-refractivity contribution is 6.23. The van der Waals surface area contributed by atoms with Crippen LogP contribution in [0.15, 0.2) is 116 Å². The Kier molecular flexibility index (Phi) is 12.8. The number of morpholine rings is 1. The summed E-state index contributed by atoms with van der Waals surface area (Å²) in [5, 5.41) is 15.0. The molecule has 5 amide bonds. The van der Waals surface area contributed by atoms with E-state index in [2.05, 4.69) is 29.1 Å². The molecule has 7 rings (SSSR count). The third kappa shape index (κ3) is 7.92. The van der Waals surface area contributed by atoms with E-state index in [-0.39, 0.29) is 50.8 Å². The van der Waals surface area contributed by atoms with Crippen LogP contribution in [0.3, 0.4) is 0 Å². The molecule has 3 aliphatic heterocycles. The Morgan fingerprint density at radius 3 is 2.31 bits per heavy atom. The molecule has 3 aliphatic rings. The van der Waals surface area contributed by atoms with Crippen LogP contribution in [0.25, 0.3) is 0 Å². The second-order valence-electron chi connectivity index (χ2n) is 14.4. The van der Waals surface area contributed by atoms with Gasteiger partial charge in [0.15, 0.2) is 0 Å². The van der Waals surface area contributed by atoms with Crippen LogP contribution >= 0.6 is 0 Å². The molecular formula is C46H45N5O10. The molecule has 1 spiro atoms. The van der Waals surface area contributed by atoms with E-state index in [1.54, 1.807) is 42.5 Å². The summed E-state index contributed by atoms with van der Waals surface area (Å²) in [6.07, 6.45) is -0.481. The van der Waals surface area contributed by atoms with Gasteiger partial charge in [0.25, 0.3) is 0 Å². The van der Waals surface area contributed by atoms with Gasteiger partial charge in [-0.15, -0.1) is 6.58 Å². The maximum atomic E-state index is 16.0. The largest absolute Gasteiger partial charge is 0.491 e. The molecule has 0 aromatic heterocycles. The van der Waals surface area contributed by atoms with Crippen LogP contribution in [0, 0.1) is 17.8 Å². The third-order valence-electron chi connectivity index (χ3n) is 11.0. The molecule has 3 heterocycles. The molecule has 5 N–H and O–H groups in total. The average Bonchev–Trinajstić information content (AvgIpc) is 3.73. The highest BCUT2D eigenvalue weighted by Crippen LogP contribution is 2.66. The topological polar surface area (TPSA) is 199 Å². The van der Waals surface area contributed by atoms with E-state index in [1.807, 2.05) is 65.6 Å². The predicted octanol–water partition coefficient (Wildman–Crippen LogP) is 3.83. The Morgan fingerprint density at radius 1 is 0.902 bits per heavy atom. The molecule has 2 fully saturated rings. The molecule has 4 aromatic rings. The number of imide groups is 1. The SMILES string of the molecule is C=CCNC(=O)C1C2C(=O)OC(c3ccccc3)C(c3ccccc3)N2C(c2cccc(OCCO)c2)C12C(=O)N(C(=O)OCCOC)c1ccc(C#CCNC(N)=O)cc12. The number of carbonyl (C=O) groups excluding carboxylic acids is 5. The van der Waals surface area contributed by atoms with Crippen LogP contribution in [-0.4, -0.2) is 92.6 Å². The van der Waals surface area contributed by atoms with Gasteiger partial charge in [-0.3, -0.25) is 19.3 Å². The number of carbonyl (C=O) groups is 5. The smallest absolute Gasteiger partial charge is 0.421 e. The Balaban J connectivity index is 1.58. The van der Waals surface area contributed by atoms with Crippen LogP contribution in [0.2, 0.25) is 0 Å². The van der Waals surface area contributed by atoms with Crippen molar-refractivity contribution in [3.63, 3.8) is 0 Å². The number of amides is 5. The van der Waals surface area contributed by atoms with Gasteiger partial charge in [0, 0.05) is 19.2 Å².